The summed E-state index contributed by atoms with van der Waals surface area (Å²) >= 11 is 0. The summed E-state index contributed by atoms with van der Waals surface area (Å²) in [5, 5.41) is 12.1. The lowest BCUT2D eigenvalue weighted by atomic mass is 9.95. The van der Waals surface area contributed by atoms with E-state index in [1.54, 1.807) is 14.0 Å². The van der Waals surface area contributed by atoms with Gasteiger partial charge in [0, 0.05) is 37.7 Å². The lowest BCUT2D eigenvalue weighted by molar-refractivity contribution is -0.162. The zero-order chi connectivity index (χ0) is 15.3. The fourth-order valence-electron chi connectivity index (χ4n) is 2.10. The maximum absolute atomic E-state index is 12.1. The maximum Gasteiger partial charge on any atom is 0.327 e. The van der Waals surface area contributed by atoms with E-state index in [4.69, 9.17) is 0 Å². The number of piperidine rings is 1. The molecule has 1 aliphatic rings. The van der Waals surface area contributed by atoms with Gasteiger partial charge >= 0.3 is 5.97 Å². The van der Waals surface area contributed by atoms with E-state index in [0.29, 0.717) is 12.1 Å². The average molecular weight is 281 g/mol. The van der Waals surface area contributed by atoms with Crippen LogP contribution in [0.15, 0.2) is 16.9 Å². The molecule has 0 saturated carbocycles. The molecular weight excluding hydrogens is 262 g/mol. The van der Waals surface area contributed by atoms with E-state index >= 15 is 0 Å². The van der Waals surface area contributed by atoms with Gasteiger partial charge in [-0.1, -0.05) is 6.92 Å². The molecule has 0 aromatic rings. The molecule has 0 aliphatic carbocycles. The number of hydrogen-bond donors (Lipinski definition) is 2. The summed E-state index contributed by atoms with van der Waals surface area (Å²) < 4.78 is 0. The van der Waals surface area contributed by atoms with Crippen LogP contribution in [0, 0.1) is 5.92 Å². The summed E-state index contributed by atoms with van der Waals surface area (Å²) in [6, 6.07) is -1.22. The zero-order valence-corrected chi connectivity index (χ0v) is 11.6. The second-order valence-corrected chi connectivity index (χ2v) is 4.69. The molecule has 0 spiro atoms. The number of likely N-dealkylation sites (tertiary alicyclic amines) is 1. The lowest BCUT2D eigenvalue weighted by Gasteiger charge is -2.33. The van der Waals surface area contributed by atoms with Crippen LogP contribution in [-0.4, -0.2) is 47.6 Å². The largest absolute Gasteiger partial charge is 0.480 e. The monoisotopic (exact) mass is 281 g/mol. The van der Waals surface area contributed by atoms with E-state index in [0.717, 1.165) is 4.90 Å². The van der Waals surface area contributed by atoms with Crippen LogP contribution in [0.5, 0.6) is 0 Å². The van der Waals surface area contributed by atoms with Crippen molar-refractivity contribution in [1.29, 1.82) is 0 Å². The predicted octanol–water partition coefficient (Wildman–Crippen LogP) is 0.376. The van der Waals surface area contributed by atoms with Gasteiger partial charge in [0.15, 0.2) is 0 Å². The van der Waals surface area contributed by atoms with E-state index in [1.165, 1.54) is 6.20 Å². The van der Waals surface area contributed by atoms with Gasteiger partial charge in [-0.25, -0.2) is 4.79 Å². The van der Waals surface area contributed by atoms with Gasteiger partial charge in [0.05, 0.1) is 0 Å². The van der Waals surface area contributed by atoms with Gasteiger partial charge in [-0.2, -0.15) is 0 Å². The van der Waals surface area contributed by atoms with Gasteiger partial charge in [-0.3, -0.25) is 19.5 Å². The number of amides is 2. The van der Waals surface area contributed by atoms with Gasteiger partial charge in [0.2, 0.25) is 11.8 Å². The van der Waals surface area contributed by atoms with Gasteiger partial charge in [0.1, 0.15) is 6.04 Å². The van der Waals surface area contributed by atoms with E-state index in [1.807, 2.05) is 0 Å². The number of imide groups is 1. The van der Waals surface area contributed by atoms with Crippen molar-refractivity contribution in [2.24, 2.45) is 10.9 Å². The number of carbonyl (C=O) groups is 3. The van der Waals surface area contributed by atoms with Gasteiger partial charge in [-0.15, -0.1) is 0 Å². The number of aliphatic carboxylic acids is 1. The average Bonchev–Trinajstić information content (AvgIpc) is 2.40. The number of aliphatic imine (C=N–C) groups is 1. The molecule has 2 atom stereocenters. The van der Waals surface area contributed by atoms with Gasteiger partial charge < -0.3 is 10.4 Å². The first kappa shape index (κ1) is 15.9. The zero-order valence-electron chi connectivity index (χ0n) is 11.6. The van der Waals surface area contributed by atoms with Gasteiger partial charge in [-0.05, 0) is 13.1 Å². The Bertz CT molecular complexity index is 459. The molecule has 1 saturated heterocycles. The smallest absolute Gasteiger partial charge is 0.327 e. The topological polar surface area (TPSA) is 99.1 Å². The molecule has 110 valence electrons. The molecule has 20 heavy (non-hydrogen) atoms. The Morgan fingerprint density at radius 2 is 2.30 bits per heavy atom. The van der Waals surface area contributed by atoms with Crippen molar-refractivity contribution in [2.75, 3.05) is 7.05 Å². The quantitative estimate of drug-likeness (QED) is 0.541. The number of rotatable bonds is 6. The normalized spacial score (nSPS) is 21.6. The van der Waals surface area contributed by atoms with Crippen molar-refractivity contribution in [1.82, 2.24) is 10.2 Å². The number of nitrogens with zero attached hydrogens (tertiary/aromatic N) is 2. The molecule has 0 radical (unpaired) electrons. The molecule has 1 aliphatic heterocycles. The standard InChI is InChI=1S/C13H19N3O4/c1-8-4-5-11(17)16(12(8)18)10(13(19)20)6-9(15-3)7-14-2/h7-8,10,15H,2,4-6H2,1,3H3,(H,19,20)/b9-7-. The summed E-state index contributed by atoms with van der Waals surface area (Å²) in [6.45, 7) is 4.99. The minimum absolute atomic E-state index is 0.0188. The predicted molar refractivity (Wildman–Crippen MR) is 73.0 cm³/mol. The first-order valence-electron chi connectivity index (χ1n) is 6.33. The van der Waals surface area contributed by atoms with Crippen LogP contribution in [0.25, 0.3) is 0 Å². The van der Waals surface area contributed by atoms with Gasteiger partial charge in [0.25, 0.3) is 0 Å². The minimum Gasteiger partial charge on any atom is -0.480 e. The number of carboxylic acids is 1. The van der Waals surface area contributed by atoms with Crippen LogP contribution in [0.4, 0.5) is 0 Å². The second-order valence-electron chi connectivity index (χ2n) is 4.69. The van der Waals surface area contributed by atoms with E-state index in [2.05, 4.69) is 17.0 Å². The fourth-order valence-corrected chi connectivity index (χ4v) is 2.10. The van der Waals surface area contributed by atoms with Crippen molar-refractivity contribution < 1.29 is 19.5 Å². The molecule has 2 N–H and O–H groups in total. The highest BCUT2D eigenvalue weighted by atomic mass is 16.4. The first-order valence-corrected chi connectivity index (χ1v) is 6.33. The number of carbonyl (C=O) groups excluding carboxylic acids is 2. The third-order valence-corrected chi connectivity index (χ3v) is 3.30. The van der Waals surface area contributed by atoms with Crippen LogP contribution in [0.1, 0.15) is 26.2 Å². The molecule has 7 heteroatoms. The van der Waals surface area contributed by atoms with Crippen LogP contribution in [-0.2, 0) is 14.4 Å². The van der Waals surface area contributed by atoms with Crippen LogP contribution >= 0.6 is 0 Å². The van der Waals surface area contributed by atoms with Crippen LogP contribution in [0.3, 0.4) is 0 Å². The SMILES string of the molecule is C=N/C=C(/CC(C(=O)O)N1C(=O)CCC(C)C1=O)NC. The first-order chi connectivity index (χ1) is 9.42. The van der Waals surface area contributed by atoms with Crippen molar-refractivity contribution in [3.05, 3.63) is 11.9 Å². The Kier molecular flexibility index (Phi) is 5.42. The van der Waals surface area contributed by atoms with Crippen LogP contribution < -0.4 is 5.32 Å². The van der Waals surface area contributed by atoms with Crippen molar-refractivity contribution in [3.63, 3.8) is 0 Å². The lowest BCUT2D eigenvalue weighted by Crippen LogP contribution is -2.53. The summed E-state index contributed by atoms with van der Waals surface area (Å²) in [5.74, 6) is -2.43. The molecule has 0 bridgehead atoms. The molecule has 1 heterocycles. The minimum atomic E-state index is -1.22. The van der Waals surface area contributed by atoms with Crippen molar-refractivity contribution in [3.8, 4) is 0 Å². The van der Waals surface area contributed by atoms with Crippen molar-refractivity contribution in [2.45, 2.75) is 32.2 Å². The number of nitrogens with one attached hydrogen (secondary N) is 1. The molecule has 1 fully saturated rings. The molecular formula is C13H19N3O4. The van der Waals surface area contributed by atoms with Crippen molar-refractivity contribution >= 4 is 24.5 Å². The highest BCUT2D eigenvalue weighted by Gasteiger charge is 2.40. The molecule has 1 rings (SSSR count). The summed E-state index contributed by atoms with van der Waals surface area (Å²) in [7, 11) is 1.61. The Labute approximate surface area is 117 Å². The maximum atomic E-state index is 12.1. The molecule has 0 aromatic heterocycles. The molecule has 0 aromatic carbocycles. The highest BCUT2D eigenvalue weighted by molar-refractivity contribution is 6.02. The molecule has 7 nitrogen and oxygen atoms in total. The summed E-state index contributed by atoms with van der Waals surface area (Å²) in [4.78, 5) is 39.8. The molecule has 2 unspecified atom stereocenters. The Balaban J connectivity index is 3.03. The number of carboxylic acid groups (broad SMARTS) is 1. The Morgan fingerprint density at radius 3 is 2.80 bits per heavy atom. The molecule has 2 amide bonds. The van der Waals surface area contributed by atoms with E-state index in [-0.39, 0.29) is 18.8 Å². The number of hydrogen-bond acceptors (Lipinski definition) is 5. The van der Waals surface area contributed by atoms with Crippen LogP contribution in [0.2, 0.25) is 0 Å². The second kappa shape index (κ2) is 6.83. The summed E-state index contributed by atoms with van der Waals surface area (Å²) in [5.41, 5.74) is 0.492. The summed E-state index contributed by atoms with van der Waals surface area (Å²) in [6.07, 6.45) is 2.01. The Hall–Kier alpha value is -2.18. The Morgan fingerprint density at radius 1 is 1.65 bits per heavy atom. The van der Waals surface area contributed by atoms with E-state index < -0.39 is 23.8 Å². The third-order valence-electron chi connectivity index (χ3n) is 3.30. The fraction of sp³-hybridized carbons (Fsp3) is 0.538. The van der Waals surface area contributed by atoms with E-state index in [9.17, 15) is 19.5 Å². The third kappa shape index (κ3) is 3.43. The highest BCUT2D eigenvalue weighted by Crippen LogP contribution is 2.23.